The van der Waals surface area contributed by atoms with Gasteiger partial charge in [-0.1, -0.05) is 12.8 Å². The highest BCUT2D eigenvalue weighted by atomic mass is 16.3. The van der Waals surface area contributed by atoms with Crippen molar-refractivity contribution >= 4 is 5.91 Å². The molecule has 1 amide bonds. The molecule has 0 heterocycles. The quantitative estimate of drug-likeness (QED) is 0.653. The molecule has 2 N–H and O–H groups in total. The smallest absolute Gasteiger partial charge is 0.235 e. The van der Waals surface area contributed by atoms with Crippen LogP contribution in [-0.4, -0.2) is 48.2 Å². The zero-order chi connectivity index (χ0) is 12.0. The van der Waals surface area contributed by atoms with E-state index in [0.29, 0.717) is 0 Å². The highest BCUT2D eigenvalue weighted by Crippen LogP contribution is 2.21. The van der Waals surface area contributed by atoms with E-state index in [-0.39, 0.29) is 31.1 Å². The van der Waals surface area contributed by atoms with Gasteiger partial charge in [-0.3, -0.25) is 9.69 Å². The molecule has 0 spiro atoms. The topological polar surface area (TPSA) is 76.4 Å². The molecule has 1 fully saturated rings. The number of amides is 1. The van der Waals surface area contributed by atoms with Crippen molar-refractivity contribution in [3.05, 3.63) is 0 Å². The fourth-order valence-electron chi connectivity index (χ4n) is 2.14. The van der Waals surface area contributed by atoms with E-state index >= 15 is 0 Å². The number of aliphatic hydroxyl groups is 1. The molecule has 0 aliphatic heterocycles. The summed E-state index contributed by atoms with van der Waals surface area (Å²) in [5.41, 5.74) is 0. The first kappa shape index (κ1) is 12.9. The van der Waals surface area contributed by atoms with Crippen LogP contribution in [0.5, 0.6) is 0 Å². The molecule has 5 nitrogen and oxygen atoms in total. The molecule has 1 aliphatic carbocycles. The van der Waals surface area contributed by atoms with Gasteiger partial charge in [-0.15, -0.1) is 0 Å². The van der Waals surface area contributed by atoms with Gasteiger partial charge in [-0.05, 0) is 19.9 Å². The second-order valence-electron chi connectivity index (χ2n) is 4.27. The third-order valence-corrected chi connectivity index (χ3v) is 3.02. The molecule has 0 aromatic rings. The lowest BCUT2D eigenvalue weighted by molar-refractivity contribution is -0.123. The number of aliphatic hydroxyl groups excluding tert-OH is 1. The number of nitrogens with one attached hydrogen (secondary N) is 1. The molecule has 0 saturated heterocycles. The first-order valence-corrected chi connectivity index (χ1v) is 5.67. The number of nitrogens with zero attached hydrogens (tertiary/aromatic N) is 2. The van der Waals surface area contributed by atoms with Crippen LogP contribution >= 0.6 is 0 Å². The summed E-state index contributed by atoms with van der Waals surface area (Å²) in [4.78, 5) is 13.2. The van der Waals surface area contributed by atoms with Crippen LogP contribution in [0, 0.1) is 11.3 Å². The molecular formula is C11H19N3O2. The van der Waals surface area contributed by atoms with Gasteiger partial charge in [-0.25, -0.2) is 0 Å². The van der Waals surface area contributed by atoms with Gasteiger partial charge in [0, 0.05) is 6.04 Å². The Bertz CT molecular complexity index is 275. The van der Waals surface area contributed by atoms with E-state index in [2.05, 4.69) is 5.32 Å². The minimum atomic E-state index is -0.331. The molecule has 0 aromatic heterocycles. The van der Waals surface area contributed by atoms with Crippen molar-refractivity contribution in [3.63, 3.8) is 0 Å². The molecule has 90 valence electrons. The Balaban J connectivity index is 2.35. The van der Waals surface area contributed by atoms with Crippen LogP contribution in [0.15, 0.2) is 0 Å². The third kappa shape index (κ3) is 3.80. The zero-order valence-corrected chi connectivity index (χ0v) is 9.65. The monoisotopic (exact) mass is 225 g/mol. The SMILES string of the molecule is CN(CC(=O)NCC#N)C1CCCCC1O. The van der Waals surface area contributed by atoms with E-state index < -0.39 is 0 Å². The summed E-state index contributed by atoms with van der Waals surface area (Å²) in [7, 11) is 1.84. The van der Waals surface area contributed by atoms with Gasteiger partial charge in [0.25, 0.3) is 0 Å². The molecule has 2 unspecified atom stereocenters. The van der Waals surface area contributed by atoms with Gasteiger partial charge in [0.15, 0.2) is 0 Å². The average molecular weight is 225 g/mol. The van der Waals surface area contributed by atoms with Gasteiger partial charge in [0.1, 0.15) is 6.54 Å². The van der Waals surface area contributed by atoms with Crippen LogP contribution in [0.25, 0.3) is 0 Å². The Morgan fingerprint density at radius 3 is 2.88 bits per heavy atom. The van der Waals surface area contributed by atoms with Crippen molar-refractivity contribution in [2.24, 2.45) is 0 Å². The molecule has 0 radical (unpaired) electrons. The fraction of sp³-hybridized carbons (Fsp3) is 0.818. The Kier molecular flexibility index (Phi) is 5.23. The summed E-state index contributed by atoms with van der Waals surface area (Å²) >= 11 is 0. The molecule has 0 aromatic carbocycles. The summed E-state index contributed by atoms with van der Waals surface area (Å²) < 4.78 is 0. The van der Waals surface area contributed by atoms with Crippen molar-refractivity contribution < 1.29 is 9.90 Å². The highest BCUT2D eigenvalue weighted by molar-refractivity contribution is 5.78. The predicted molar refractivity (Wildman–Crippen MR) is 59.5 cm³/mol. The molecule has 1 aliphatic rings. The number of likely N-dealkylation sites (N-methyl/N-ethyl adjacent to an activating group) is 1. The Hall–Kier alpha value is -1.12. The lowest BCUT2D eigenvalue weighted by Gasteiger charge is -2.34. The first-order chi connectivity index (χ1) is 7.65. The highest BCUT2D eigenvalue weighted by Gasteiger charge is 2.27. The maximum Gasteiger partial charge on any atom is 0.235 e. The summed E-state index contributed by atoms with van der Waals surface area (Å²) in [5, 5.41) is 20.6. The largest absolute Gasteiger partial charge is 0.391 e. The maximum atomic E-state index is 11.4. The summed E-state index contributed by atoms with van der Waals surface area (Å²) in [6.07, 6.45) is 3.58. The van der Waals surface area contributed by atoms with Crippen LogP contribution in [0.2, 0.25) is 0 Å². The summed E-state index contributed by atoms with van der Waals surface area (Å²) in [6.45, 7) is 0.281. The number of rotatable bonds is 4. The van der Waals surface area contributed by atoms with E-state index in [9.17, 15) is 9.90 Å². The number of hydrogen-bond donors (Lipinski definition) is 2. The normalized spacial score (nSPS) is 25.1. The van der Waals surface area contributed by atoms with Gasteiger partial charge in [-0.2, -0.15) is 5.26 Å². The molecule has 16 heavy (non-hydrogen) atoms. The second kappa shape index (κ2) is 6.46. The van der Waals surface area contributed by atoms with E-state index in [1.807, 2.05) is 18.0 Å². The third-order valence-electron chi connectivity index (χ3n) is 3.02. The Morgan fingerprint density at radius 1 is 1.56 bits per heavy atom. The Morgan fingerprint density at radius 2 is 2.25 bits per heavy atom. The second-order valence-corrected chi connectivity index (χ2v) is 4.27. The number of carbonyl (C=O) groups is 1. The van der Waals surface area contributed by atoms with Crippen LogP contribution in [0.1, 0.15) is 25.7 Å². The van der Waals surface area contributed by atoms with E-state index in [0.717, 1.165) is 25.7 Å². The van der Waals surface area contributed by atoms with E-state index in [1.165, 1.54) is 0 Å². The van der Waals surface area contributed by atoms with Crippen molar-refractivity contribution in [1.29, 1.82) is 5.26 Å². The maximum absolute atomic E-state index is 11.4. The Labute approximate surface area is 96.0 Å². The zero-order valence-electron chi connectivity index (χ0n) is 9.65. The predicted octanol–water partition coefficient (Wildman–Crippen LogP) is -0.139. The van der Waals surface area contributed by atoms with Crippen LogP contribution < -0.4 is 5.32 Å². The van der Waals surface area contributed by atoms with Crippen LogP contribution in [-0.2, 0) is 4.79 Å². The number of nitriles is 1. The van der Waals surface area contributed by atoms with Crippen molar-refractivity contribution in [2.75, 3.05) is 20.1 Å². The molecule has 1 saturated carbocycles. The average Bonchev–Trinajstić information content (AvgIpc) is 2.26. The van der Waals surface area contributed by atoms with Crippen LogP contribution in [0.3, 0.4) is 0 Å². The lowest BCUT2D eigenvalue weighted by Crippen LogP contribution is -2.47. The summed E-state index contributed by atoms with van der Waals surface area (Å²) in [5.74, 6) is -0.165. The molecule has 5 heteroatoms. The molecule has 2 atom stereocenters. The van der Waals surface area contributed by atoms with Gasteiger partial charge in [0.2, 0.25) is 5.91 Å². The van der Waals surface area contributed by atoms with Gasteiger partial charge >= 0.3 is 0 Å². The minimum absolute atomic E-state index is 0.0416. The standard InChI is InChI=1S/C11H19N3O2/c1-14(8-11(16)13-7-6-12)9-4-2-3-5-10(9)15/h9-10,15H,2-5,7-8H2,1H3,(H,13,16). The van der Waals surface area contributed by atoms with Crippen molar-refractivity contribution in [1.82, 2.24) is 10.2 Å². The van der Waals surface area contributed by atoms with E-state index in [4.69, 9.17) is 5.26 Å². The van der Waals surface area contributed by atoms with E-state index in [1.54, 1.807) is 0 Å². The lowest BCUT2D eigenvalue weighted by atomic mass is 9.91. The van der Waals surface area contributed by atoms with Crippen molar-refractivity contribution in [3.8, 4) is 6.07 Å². The fourth-order valence-corrected chi connectivity index (χ4v) is 2.14. The minimum Gasteiger partial charge on any atom is -0.391 e. The van der Waals surface area contributed by atoms with Crippen molar-refractivity contribution in [2.45, 2.75) is 37.8 Å². The molecular weight excluding hydrogens is 206 g/mol. The van der Waals surface area contributed by atoms with Gasteiger partial charge < -0.3 is 10.4 Å². The molecule has 1 rings (SSSR count). The van der Waals surface area contributed by atoms with Gasteiger partial charge in [0.05, 0.1) is 18.7 Å². The number of hydrogen-bond acceptors (Lipinski definition) is 4. The summed E-state index contributed by atoms with van der Waals surface area (Å²) in [6, 6.07) is 1.93. The number of carbonyl (C=O) groups excluding carboxylic acids is 1. The first-order valence-electron chi connectivity index (χ1n) is 5.67. The van der Waals surface area contributed by atoms with Crippen LogP contribution in [0.4, 0.5) is 0 Å². The molecule has 0 bridgehead atoms.